The highest BCUT2D eigenvalue weighted by Crippen LogP contribution is 2.25. The van der Waals surface area contributed by atoms with Crippen molar-refractivity contribution < 1.29 is 9.84 Å². The highest BCUT2D eigenvalue weighted by Gasteiger charge is 2.27. The molecule has 2 heteroatoms. The van der Waals surface area contributed by atoms with Crippen molar-refractivity contribution in [1.29, 1.82) is 0 Å². The van der Waals surface area contributed by atoms with Crippen LogP contribution in [0, 0.1) is 11.8 Å². The molecular weight excluding hydrogens is 140 g/mol. The Kier molecular flexibility index (Phi) is 3.34. The van der Waals surface area contributed by atoms with Crippen molar-refractivity contribution in [2.24, 2.45) is 11.8 Å². The summed E-state index contributed by atoms with van der Waals surface area (Å²) in [4.78, 5) is 0. The molecule has 0 amide bonds. The summed E-state index contributed by atoms with van der Waals surface area (Å²) in [7, 11) is 0. The fourth-order valence-corrected chi connectivity index (χ4v) is 1.80. The highest BCUT2D eigenvalue weighted by molar-refractivity contribution is 4.76. The minimum Gasteiger partial charge on any atom is -0.396 e. The Morgan fingerprint density at radius 1 is 1.55 bits per heavy atom. The summed E-state index contributed by atoms with van der Waals surface area (Å²) < 4.78 is 5.58. The molecule has 1 saturated heterocycles. The summed E-state index contributed by atoms with van der Waals surface area (Å²) in [5.74, 6) is 0.913. The molecule has 0 bridgehead atoms. The Morgan fingerprint density at radius 2 is 2.27 bits per heavy atom. The van der Waals surface area contributed by atoms with E-state index < -0.39 is 0 Å². The lowest BCUT2D eigenvalue weighted by Crippen LogP contribution is -2.35. The minimum absolute atomic E-state index is 0.281. The van der Waals surface area contributed by atoms with Gasteiger partial charge in [-0.3, -0.25) is 0 Å². The molecule has 0 aromatic carbocycles. The molecule has 1 aliphatic heterocycles. The second-order valence-electron chi connectivity index (χ2n) is 3.66. The number of aliphatic hydroxyl groups excluding tert-OH is 1. The molecule has 0 aliphatic carbocycles. The fraction of sp³-hybridized carbons (Fsp3) is 1.00. The minimum atomic E-state index is 0.281. The largest absolute Gasteiger partial charge is 0.396 e. The molecule has 2 nitrogen and oxygen atoms in total. The monoisotopic (exact) mass is 158 g/mol. The van der Waals surface area contributed by atoms with Crippen molar-refractivity contribution in [3.05, 3.63) is 0 Å². The number of hydrogen-bond acceptors (Lipinski definition) is 2. The molecule has 1 aliphatic rings. The van der Waals surface area contributed by atoms with Gasteiger partial charge in [0.1, 0.15) is 0 Å². The van der Waals surface area contributed by atoms with Gasteiger partial charge in [0, 0.05) is 19.1 Å². The van der Waals surface area contributed by atoms with E-state index in [4.69, 9.17) is 9.84 Å². The van der Waals surface area contributed by atoms with Crippen molar-refractivity contribution >= 4 is 0 Å². The van der Waals surface area contributed by atoms with Crippen LogP contribution in [0.2, 0.25) is 0 Å². The Hall–Kier alpha value is -0.0800. The summed E-state index contributed by atoms with van der Waals surface area (Å²) >= 11 is 0. The van der Waals surface area contributed by atoms with E-state index in [-0.39, 0.29) is 12.7 Å². The van der Waals surface area contributed by atoms with E-state index in [0.29, 0.717) is 11.8 Å². The third-order valence-corrected chi connectivity index (χ3v) is 2.39. The van der Waals surface area contributed by atoms with Crippen LogP contribution in [0.1, 0.15) is 26.7 Å². The first-order chi connectivity index (χ1) is 5.25. The van der Waals surface area contributed by atoms with Crippen LogP contribution in [-0.2, 0) is 4.74 Å². The summed E-state index contributed by atoms with van der Waals surface area (Å²) in [6.45, 7) is 5.46. The average Bonchev–Trinajstić information content (AvgIpc) is 2.04. The van der Waals surface area contributed by atoms with Crippen LogP contribution in [0.4, 0.5) is 0 Å². The molecule has 1 N–H and O–H groups in total. The van der Waals surface area contributed by atoms with Crippen molar-refractivity contribution in [3.63, 3.8) is 0 Å². The van der Waals surface area contributed by atoms with Crippen molar-refractivity contribution in [2.75, 3.05) is 13.2 Å². The standard InChI is InChI=1S/C9H18O2/c1-7(2)9-8(6-10)4-3-5-11-9/h7-10H,3-6H2,1-2H3/t8-,9-/m1/s1. The molecule has 0 spiro atoms. The fourth-order valence-electron chi connectivity index (χ4n) is 1.80. The van der Waals surface area contributed by atoms with E-state index in [1.165, 1.54) is 0 Å². The molecule has 0 saturated carbocycles. The van der Waals surface area contributed by atoms with Gasteiger partial charge >= 0.3 is 0 Å². The predicted octanol–water partition coefficient (Wildman–Crippen LogP) is 1.43. The van der Waals surface area contributed by atoms with Gasteiger partial charge in [-0.25, -0.2) is 0 Å². The van der Waals surface area contributed by atoms with Crippen LogP contribution in [-0.4, -0.2) is 24.4 Å². The van der Waals surface area contributed by atoms with Crippen LogP contribution in [0.15, 0.2) is 0 Å². The maximum absolute atomic E-state index is 9.03. The van der Waals surface area contributed by atoms with Gasteiger partial charge < -0.3 is 9.84 Å². The second-order valence-corrected chi connectivity index (χ2v) is 3.66. The first-order valence-electron chi connectivity index (χ1n) is 4.48. The Morgan fingerprint density at radius 3 is 2.73 bits per heavy atom. The van der Waals surface area contributed by atoms with Gasteiger partial charge in [-0.1, -0.05) is 13.8 Å². The topological polar surface area (TPSA) is 29.5 Å². The lowest BCUT2D eigenvalue weighted by Gasteiger charge is -2.33. The molecule has 0 unspecified atom stereocenters. The normalized spacial score (nSPS) is 32.7. The zero-order chi connectivity index (χ0) is 8.27. The quantitative estimate of drug-likeness (QED) is 0.658. The van der Waals surface area contributed by atoms with E-state index in [0.717, 1.165) is 19.4 Å². The Balaban J connectivity index is 2.44. The van der Waals surface area contributed by atoms with E-state index in [1.807, 2.05) is 0 Å². The second kappa shape index (κ2) is 4.07. The maximum atomic E-state index is 9.03. The third-order valence-electron chi connectivity index (χ3n) is 2.39. The van der Waals surface area contributed by atoms with E-state index in [1.54, 1.807) is 0 Å². The molecule has 1 rings (SSSR count). The zero-order valence-electron chi connectivity index (χ0n) is 7.42. The van der Waals surface area contributed by atoms with E-state index in [2.05, 4.69) is 13.8 Å². The van der Waals surface area contributed by atoms with Crippen molar-refractivity contribution in [2.45, 2.75) is 32.8 Å². The predicted molar refractivity (Wildman–Crippen MR) is 44.4 cm³/mol. The first kappa shape index (κ1) is 9.01. The SMILES string of the molecule is CC(C)[C@H]1OCCC[C@@H]1CO. The number of hydrogen-bond donors (Lipinski definition) is 1. The van der Waals surface area contributed by atoms with E-state index in [9.17, 15) is 0 Å². The van der Waals surface area contributed by atoms with Crippen LogP contribution >= 0.6 is 0 Å². The van der Waals surface area contributed by atoms with Crippen LogP contribution in [0.25, 0.3) is 0 Å². The molecular formula is C9H18O2. The van der Waals surface area contributed by atoms with Gasteiger partial charge in [0.15, 0.2) is 0 Å². The van der Waals surface area contributed by atoms with Crippen molar-refractivity contribution in [3.8, 4) is 0 Å². The lowest BCUT2D eigenvalue weighted by molar-refractivity contribution is -0.0671. The zero-order valence-corrected chi connectivity index (χ0v) is 7.42. The molecule has 1 heterocycles. The van der Waals surface area contributed by atoms with Gasteiger partial charge in [-0.05, 0) is 18.8 Å². The van der Waals surface area contributed by atoms with Gasteiger partial charge in [0.05, 0.1) is 6.10 Å². The Bertz CT molecular complexity index is 112. The van der Waals surface area contributed by atoms with Crippen molar-refractivity contribution in [1.82, 2.24) is 0 Å². The van der Waals surface area contributed by atoms with Gasteiger partial charge in [-0.2, -0.15) is 0 Å². The summed E-state index contributed by atoms with van der Waals surface area (Å²) in [6.07, 6.45) is 2.52. The van der Waals surface area contributed by atoms with Crippen LogP contribution in [0.5, 0.6) is 0 Å². The molecule has 0 aromatic rings. The number of ether oxygens (including phenoxy) is 1. The smallest absolute Gasteiger partial charge is 0.0648 e. The summed E-state index contributed by atoms with van der Waals surface area (Å²) in [6, 6.07) is 0. The summed E-state index contributed by atoms with van der Waals surface area (Å²) in [5, 5.41) is 9.03. The first-order valence-corrected chi connectivity index (χ1v) is 4.48. The Labute approximate surface area is 68.6 Å². The van der Waals surface area contributed by atoms with Gasteiger partial charge in [0.2, 0.25) is 0 Å². The highest BCUT2D eigenvalue weighted by atomic mass is 16.5. The van der Waals surface area contributed by atoms with E-state index >= 15 is 0 Å². The number of aliphatic hydroxyl groups is 1. The van der Waals surface area contributed by atoms with Crippen LogP contribution in [0.3, 0.4) is 0 Å². The average molecular weight is 158 g/mol. The molecule has 0 aromatic heterocycles. The summed E-state index contributed by atoms with van der Waals surface area (Å²) in [5.41, 5.74) is 0. The van der Waals surface area contributed by atoms with Gasteiger partial charge in [-0.15, -0.1) is 0 Å². The molecule has 11 heavy (non-hydrogen) atoms. The van der Waals surface area contributed by atoms with Crippen LogP contribution < -0.4 is 0 Å². The molecule has 0 radical (unpaired) electrons. The molecule has 1 fully saturated rings. The maximum Gasteiger partial charge on any atom is 0.0648 e. The number of rotatable bonds is 2. The molecule has 66 valence electrons. The van der Waals surface area contributed by atoms with Gasteiger partial charge in [0.25, 0.3) is 0 Å². The molecule has 2 atom stereocenters. The lowest BCUT2D eigenvalue weighted by atomic mass is 9.88. The third kappa shape index (κ3) is 2.17.